The van der Waals surface area contributed by atoms with E-state index < -0.39 is 10.8 Å². The maximum absolute atomic E-state index is 12.3. The molecule has 9 heteroatoms. The largest absolute Gasteiger partial charge is 0.419 e. The van der Waals surface area contributed by atoms with Crippen LogP contribution in [0.15, 0.2) is 64.6 Å². The first-order valence-corrected chi connectivity index (χ1v) is 11.5. The van der Waals surface area contributed by atoms with Crippen LogP contribution in [-0.2, 0) is 15.5 Å². The van der Waals surface area contributed by atoms with Gasteiger partial charge in [0.15, 0.2) is 0 Å². The molecule has 0 radical (unpaired) electrons. The molecule has 1 heterocycles. The summed E-state index contributed by atoms with van der Waals surface area (Å²) in [6.45, 7) is 5.55. The average molecular weight is 463 g/mol. The van der Waals surface area contributed by atoms with Gasteiger partial charge in [-0.05, 0) is 31.2 Å². The van der Waals surface area contributed by atoms with Gasteiger partial charge in [0.2, 0.25) is 11.8 Å². The fourth-order valence-electron chi connectivity index (χ4n) is 2.97. The summed E-state index contributed by atoms with van der Waals surface area (Å²) in [5, 5.41) is 16.6. The number of nitrogens with zero attached hydrogens (tertiary/aromatic N) is 3. The molecule has 2 aromatic carbocycles. The fourth-order valence-corrected chi connectivity index (χ4v) is 3.91. The normalized spacial score (nSPS) is 12.5. The summed E-state index contributed by atoms with van der Waals surface area (Å²) in [6, 6.07) is 14.1. The minimum atomic E-state index is -1.07. The van der Waals surface area contributed by atoms with Crippen molar-refractivity contribution < 1.29 is 8.95 Å². The van der Waals surface area contributed by atoms with Crippen molar-refractivity contribution >= 4 is 28.4 Å². The second-order valence-corrected chi connectivity index (χ2v) is 9.52. The molecule has 1 aromatic heterocycles. The van der Waals surface area contributed by atoms with Crippen molar-refractivity contribution in [3.05, 3.63) is 77.2 Å². The van der Waals surface area contributed by atoms with Crippen LogP contribution in [-0.4, -0.2) is 44.1 Å². The Morgan fingerprint density at radius 3 is 2.21 bits per heavy atom. The number of aromatic nitrogens is 2. The second kappa shape index (κ2) is 10.3. The van der Waals surface area contributed by atoms with E-state index in [0.717, 1.165) is 16.0 Å². The summed E-state index contributed by atoms with van der Waals surface area (Å²) in [7, 11) is 0.533. The van der Waals surface area contributed by atoms with Crippen LogP contribution in [0.1, 0.15) is 36.4 Å². The van der Waals surface area contributed by atoms with Gasteiger partial charge < -0.3 is 10.5 Å². The Hall–Kier alpha value is -3.72. The molecule has 1 unspecified atom stereocenters. The van der Waals surface area contributed by atoms with E-state index in [2.05, 4.69) is 15.0 Å². The molecule has 3 aromatic rings. The van der Waals surface area contributed by atoms with Crippen LogP contribution in [0.2, 0.25) is 0 Å². The lowest BCUT2D eigenvalue weighted by atomic mass is 10.1. The van der Waals surface area contributed by atoms with Gasteiger partial charge in [0.05, 0.1) is 28.4 Å². The number of hydrogen-bond acceptors (Lipinski definition) is 7. The van der Waals surface area contributed by atoms with Gasteiger partial charge in [-0.25, -0.2) is 4.98 Å². The summed E-state index contributed by atoms with van der Waals surface area (Å²) in [5.74, 6) is -0.0679. The van der Waals surface area contributed by atoms with Crippen molar-refractivity contribution in [2.24, 2.45) is 10.7 Å². The zero-order valence-electron chi connectivity index (χ0n) is 18.9. The summed E-state index contributed by atoms with van der Waals surface area (Å²) < 4.78 is 17.7. The van der Waals surface area contributed by atoms with Gasteiger partial charge in [-0.1, -0.05) is 38.1 Å². The molecule has 0 bridgehead atoms. The summed E-state index contributed by atoms with van der Waals surface area (Å²) in [4.78, 5) is 13.5. The average Bonchev–Trinajstić information content (AvgIpc) is 2.83. The lowest BCUT2D eigenvalue weighted by Gasteiger charge is -2.11. The predicted molar refractivity (Wildman–Crippen MR) is 132 cm³/mol. The highest BCUT2D eigenvalue weighted by molar-refractivity contribution is 7.85. The first-order valence-electron chi connectivity index (χ1n) is 10.2. The van der Waals surface area contributed by atoms with Crippen molar-refractivity contribution in [2.45, 2.75) is 30.9 Å². The number of nitrogens with one attached hydrogen (secondary N) is 2. The predicted octanol–water partition coefficient (Wildman–Crippen LogP) is 3.67. The van der Waals surface area contributed by atoms with Crippen molar-refractivity contribution in [2.75, 3.05) is 7.05 Å². The van der Waals surface area contributed by atoms with Crippen LogP contribution in [0.4, 0.5) is 0 Å². The smallest absolute Gasteiger partial charge is 0.241 e. The maximum atomic E-state index is 12.3. The Morgan fingerprint density at radius 1 is 1.03 bits per heavy atom. The lowest BCUT2D eigenvalue weighted by molar-refractivity contribution is 0.535. The molecule has 8 nitrogen and oxygen atoms in total. The highest BCUT2D eigenvalue weighted by Crippen LogP contribution is 2.21. The molecule has 0 fully saturated rings. The van der Waals surface area contributed by atoms with Crippen molar-refractivity contribution in [1.82, 2.24) is 9.97 Å². The third-order valence-electron chi connectivity index (χ3n) is 4.87. The van der Waals surface area contributed by atoms with Crippen molar-refractivity contribution in [1.29, 1.82) is 10.8 Å². The van der Waals surface area contributed by atoms with Gasteiger partial charge in [0.1, 0.15) is 11.5 Å². The molecule has 0 spiro atoms. The van der Waals surface area contributed by atoms with Crippen molar-refractivity contribution in [3.63, 3.8) is 0 Å². The van der Waals surface area contributed by atoms with E-state index in [1.54, 1.807) is 44.4 Å². The van der Waals surface area contributed by atoms with E-state index in [0.29, 0.717) is 22.8 Å². The number of hydrogen-bond donors (Lipinski definition) is 3. The number of aryl methyl sites for hydroxylation is 1. The molecule has 3 rings (SSSR count). The van der Waals surface area contributed by atoms with Gasteiger partial charge in [0, 0.05) is 33.9 Å². The zero-order chi connectivity index (χ0) is 24.1. The molecule has 0 aliphatic rings. The molecule has 0 saturated carbocycles. The standard InChI is InChI=1S/C24H26N6O2S/c1-14(2)33(31)19-11-9-16(10-12-19)20-13-29-15(3)21(30-20)24(27)32-23(26)18-7-5-17(6-8-18)22(25)28-4/h5-14,26-27H,1-4H3,(H2,25,28). The molecule has 4 N–H and O–H groups in total. The number of benzene rings is 2. The van der Waals surface area contributed by atoms with Gasteiger partial charge >= 0.3 is 0 Å². The molecule has 1 atom stereocenters. The quantitative estimate of drug-likeness (QED) is 0.379. The minimum absolute atomic E-state index is 0.0305. The van der Waals surface area contributed by atoms with E-state index in [4.69, 9.17) is 21.3 Å². The molecule has 0 aliphatic heterocycles. The molecular formula is C24H26N6O2S. The minimum Gasteiger partial charge on any atom is -0.419 e. The number of amidine groups is 1. The van der Waals surface area contributed by atoms with E-state index in [-0.39, 0.29) is 22.7 Å². The second-order valence-electron chi connectivity index (χ2n) is 7.51. The van der Waals surface area contributed by atoms with Gasteiger partial charge in [-0.15, -0.1) is 0 Å². The first-order chi connectivity index (χ1) is 15.7. The van der Waals surface area contributed by atoms with Gasteiger partial charge in [-0.2, -0.15) is 0 Å². The third-order valence-corrected chi connectivity index (χ3v) is 6.46. The summed E-state index contributed by atoms with van der Waals surface area (Å²) in [5.41, 5.74) is 9.10. The highest BCUT2D eigenvalue weighted by atomic mass is 32.2. The number of rotatable bonds is 6. The molecule has 0 amide bonds. The Kier molecular flexibility index (Phi) is 7.44. The molecule has 0 saturated heterocycles. The van der Waals surface area contributed by atoms with E-state index in [9.17, 15) is 4.21 Å². The number of nitrogens with two attached hydrogens (primary N) is 1. The van der Waals surface area contributed by atoms with Crippen LogP contribution in [0.25, 0.3) is 11.3 Å². The maximum Gasteiger partial charge on any atom is 0.241 e. The number of aliphatic imine (C=N–C) groups is 1. The Morgan fingerprint density at radius 2 is 1.64 bits per heavy atom. The Labute approximate surface area is 195 Å². The monoisotopic (exact) mass is 462 g/mol. The van der Waals surface area contributed by atoms with Crippen LogP contribution >= 0.6 is 0 Å². The third kappa shape index (κ3) is 5.56. The van der Waals surface area contributed by atoms with Crippen LogP contribution in [0, 0.1) is 17.7 Å². The van der Waals surface area contributed by atoms with Crippen molar-refractivity contribution in [3.8, 4) is 11.3 Å². The topological polar surface area (TPSA) is 138 Å². The first kappa shape index (κ1) is 23.9. The van der Waals surface area contributed by atoms with Crippen LogP contribution < -0.4 is 5.73 Å². The molecule has 33 heavy (non-hydrogen) atoms. The van der Waals surface area contributed by atoms with E-state index in [1.807, 2.05) is 38.1 Å². The lowest BCUT2D eigenvalue weighted by Crippen LogP contribution is -2.17. The zero-order valence-corrected chi connectivity index (χ0v) is 19.7. The summed E-state index contributed by atoms with van der Waals surface area (Å²) >= 11 is 0. The molecular weight excluding hydrogens is 436 g/mol. The number of ether oxygens (including phenoxy) is 1. The van der Waals surface area contributed by atoms with Crippen LogP contribution in [0.5, 0.6) is 0 Å². The SMILES string of the molecule is CN=C(N)c1ccc(C(=N)OC(=N)c2nc(-c3ccc(S(=O)C(C)C)cc3)cnc2C)cc1. The Balaban J connectivity index is 1.79. The van der Waals surface area contributed by atoms with Gasteiger partial charge in [-0.3, -0.25) is 25.0 Å². The Bertz CT molecular complexity index is 1230. The van der Waals surface area contributed by atoms with E-state index >= 15 is 0 Å². The molecule has 0 aliphatic carbocycles. The molecule has 170 valence electrons. The fraction of sp³-hybridized carbons (Fsp3) is 0.208. The summed E-state index contributed by atoms with van der Waals surface area (Å²) in [6.07, 6.45) is 1.62. The van der Waals surface area contributed by atoms with Crippen LogP contribution in [0.3, 0.4) is 0 Å². The van der Waals surface area contributed by atoms with E-state index in [1.165, 1.54) is 0 Å². The highest BCUT2D eigenvalue weighted by Gasteiger charge is 2.16. The van der Waals surface area contributed by atoms with Gasteiger partial charge in [0.25, 0.3) is 0 Å².